The van der Waals surface area contributed by atoms with Gasteiger partial charge in [0.25, 0.3) is 0 Å². The molecule has 0 heteroatoms. The zero-order valence-electron chi connectivity index (χ0n) is 8.96. The molecule has 0 nitrogen and oxygen atoms in total. The first-order valence-electron chi connectivity index (χ1n) is 5.23. The van der Waals surface area contributed by atoms with Crippen LogP contribution in [0.4, 0.5) is 0 Å². The average Bonchev–Trinajstić information content (AvgIpc) is 2.51. The molecule has 0 N–H and O–H groups in total. The zero-order chi connectivity index (χ0) is 10.5. The van der Waals surface area contributed by atoms with Gasteiger partial charge in [-0.05, 0) is 46.5 Å². The molecule has 0 saturated carbocycles. The molecular weight excluding hydrogens is 180 g/mol. The van der Waals surface area contributed by atoms with E-state index in [1.54, 1.807) is 0 Å². The number of hydrogen-bond donors (Lipinski definition) is 0. The molecule has 0 fully saturated rings. The van der Waals surface area contributed by atoms with E-state index in [1.807, 2.05) is 12.1 Å². The molecule has 0 unspecified atom stereocenters. The van der Waals surface area contributed by atoms with Crippen molar-refractivity contribution in [3.05, 3.63) is 59.7 Å². The fourth-order valence-electron chi connectivity index (χ4n) is 2.54. The molecule has 0 saturated heterocycles. The van der Waals surface area contributed by atoms with Crippen molar-refractivity contribution in [2.45, 2.75) is 19.3 Å². The molecule has 0 amide bonds. The predicted octanol–water partition coefficient (Wildman–Crippen LogP) is 3.59. The number of hydrogen-bond acceptors (Lipinski definition) is 0. The van der Waals surface area contributed by atoms with Crippen molar-refractivity contribution in [3.8, 4) is 11.1 Å². The third-order valence-electron chi connectivity index (χ3n) is 3.36. The summed E-state index contributed by atoms with van der Waals surface area (Å²) >= 11 is 0. The van der Waals surface area contributed by atoms with E-state index in [1.165, 1.54) is 22.3 Å². The molecule has 0 aliphatic heterocycles. The molecule has 0 bridgehead atoms. The highest BCUT2D eigenvalue weighted by Gasteiger charge is 2.34. The first-order valence-corrected chi connectivity index (χ1v) is 5.23. The van der Waals surface area contributed by atoms with E-state index in [0.717, 1.165) is 0 Å². The van der Waals surface area contributed by atoms with Crippen molar-refractivity contribution in [1.29, 1.82) is 0 Å². The van der Waals surface area contributed by atoms with Crippen LogP contribution in [-0.4, -0.2) is 0 Å². The highest BCUT2D eigenvalue weighted by atomic mass is 14.4. The lowest BCUT2D eigenvalue weighted by Gasteiger charge is -2.20. The summed E-state index contributed by atoms with van der Waals surface area (Å²) in [4.78, 5) is 0. The maximum Gasteiger partial charge on any atom is 0.0158 e. The Morgan fingerprint density at radius 1 is 0.867 bits per heavy atom. The minimum Gasteiger partial charge on any atom is -0.0569 e. The average molecular weight is 192 g/mol. The third-order valence-corrected chi connectivity index (χ3v) is 3.36. The van der Waals surface area contributed by atoms with E-state index >= 15 is 0 Å². The fraction of sp³-hybridized carbons (Fsp3) is 0.200. The molecule has 2 aromatic rings. The van der Waals surface area contributed by atoms with E-state index in [4.69, 9.17) is 0 Å². The second kappa shape index (κ2) is 2.73. The van der Waals surface area contributed by atoms with Gasteiger partial charge in [0.05, 0.1) is 0 Å². The number of fused-ring (bicyclic) bond motifs is 3. The van der Waals surface area contributed by atoms with Gasteiger partial charge in [-0.1, -0.05) is 38.1 Å². The van der Waals surface area contributed by atoms with Gasteiger partial charge in [0.1, 0.15) is 0 Å². The van der Waals surface area contributed by atoms with Gasteiger partial charge in [0, 0.05) is 5.41 Å². The standard InChI is InChI=1S/C15H12/c1-15(2)13-9-5-3-7-11(13)12-8-4-6-10-14(12)15/h5-10H,1-2H3. The molecule has 72 valence electrons. The molecule has 1 aliphatic rings. The highest BCUT2D eigenvalue weighted by Crippen LogP contribution is 2.47. The SMILES string of the molecule is CC1(C)c2cc[c]cc2-c2c[c]ccc21. The van der Waals surface area contributed by atoms with Crippen molar-refractivity contribution in [1.82, 2.24) is 0 Å². The Morgan fingerprint density at radius 3 is 1.80 bits per heavy atom. The summed E-state index contributed by atoms with van der Waals surface area (Å²) in [5.74, 6) is 0. The Balaban J connectivity index is 2.42. The second-order valence-electron chi connectivity index (χ2n) is 4.57. The first-order chi connectivity index (χ1) is 7.21. The summed E-state index contributed by atoms with van der Waals surface area (Å²) in [6, 6.07) is 18.8. The largest absolute Gasteiger partial charge is 0.0569 e. The van der Waals surface area contributed by atoms with Crippen molar-refractivity contribution in [2.24, 2.45) is 0 Å². The quantitative estimate of drug-likeness (QED) is 0.598. The van der Waals surface area contributed by atoms with Crippen LogP contribution in [0.1, 0.15) is 25.0 Å². The molecule has 2 radical (unpaired) electrons. The smallest absolute Gasteiger partial charge is 0.0158 e. The molecule has 15 heavy (non-hydrogen) atoms. The van der Waals surface area contributed by atoms with Crippen molar-refractivity contribution >= 4 is 0 Å². The molecule has 1 aliphatic carbocycles. The monoisotopic (exact) mass is 192 g/mol. The van der Waals surface area contributed by atoms with Crippen molar-refractivity contribution < 1.29 is 0 Å². The van der Waals surface area contributed by atoms with E-state index in [9.17, 15) is 0 Å². The molecule has 0 aromatic heterocycles. The molecule has 0 spiro atoms. The van der Waals surface area contributed by atoms with E-state index in [-0.39, 0.29) is 5.41 Å². The summed E-state index contributed by atoms with van der Waals surface area (Å²) in [5.41, 5.74) is 5.55. The maximum atomic E-state index is 3.16. The first kappa shape index (κ1) is 8.72. The fourth-order valence-corrected chi connectivity index (χ4v) is 2.54. The Labute approximate surface area is 90.6 Å². The molecule has 0 heterocycles. The van der Waals surface area contributed by atoms with Crippen LogP contribution >= 0.6 is 0 Å². The van der Waals surface area contributed by atoms with E-state index < -0.39 is 0 Å². The van der Waals surface area contributed by atoms with Gasteiger partial charge in [0.15, 0.2) is 0 Å². The summed E-state index contributed by atoms with van der Waals surface area (Å²) < 4.78 is 0. The predicted molar refractivity (Wildman–Crippen MR) is 61.7 cm³/mol. The number of rotatable bonds is 0. The highest BCUT2D eigenvalue weighted by molar-refractivity contribution is 5.80. The Bertz CT molecular complexity index is 474. The second-order valence-corrected chi connectivity index (χ2v) is 4.57. The van der Waals surface area contributed by atoms with Gasteiger partial charge in [-0.3, -0.25) is 0 Å². The Morgan fingerprint density at radius 2 is 1.33 bits per heavy atom. The van der Waals surface area contributed by atoms with Crippen LogP contribution in [0, 0.1) is 12.1 Å². The summed E-state index contributed by atoms with van der Waals surface area (Å²) in [6.07, 6.45) is 0. The number of benzene rings is 2. The minimum absolute atomic E-state index is 0.120. The van der Waals surface area contributed by atoms with Gasteiger partial charge in [-0.15, -0.1) is 0 Å². The summed E-state index contributed by atoms with van der Waals surface area (Å²) in [6.45, 7) is 4.55. The topological polar surface area (TPSA) is 0 Å². The van der Waals surface area contributed by atoms with E-state index in [0.29, 0.717) is 0 Å². The van der Waals surface area contributed by atoms with Gasteiger partial charge in [-0.2, -0.15) is 0 Å². The Kier molecular flexibility index (Phi) is 1.59. The van der Waals surface area contributed by atoms with Crippen LogP contribution in [-0.2, 0) is 5.41 Å². The summed E-state index contributed by atoms with van der Waals surface area (Å²) in [7, 11) is 0. The summed E-state index contributed by atoms with van der Waals surface area (Å²) in [5, 5.41) is 0. The van der Waals surface area contributed by atoms with Gasteiger partial charge in [0.2, 0.25) is 0 Å². The Hall–Kier alpha value is -1.56. The third kappa shape index (κ3) is 1.02. The molecule has 2 aromatic carbocycles. The van der Waals surface area contributed by atoms with Crippen LogP contribution in [0.15, 0.2) is 36.4 Å². The molecule has 0 atom stereocenters. The lowest BCUT2D eigenvalue weighted by molar-refractivity contribution is 0.660. The normalized spacial score (nSPS) is 15.9. The van der Waals surface area contributed by atoms with Gasteiger partial charge >= 0.3 is 0 Å². The lowest BCUT2D eigenvalue weighted by atomic mass is 9.82. The van der Waals surface area contributed by atoms with Crippen LogP contribution in [0.25, 0.3) is 11.1 Å². The van der Waals surface area contributed by atoms with Crippen molar-refractivity contribution in [2.75, 3.05) is 0 Å². The molecular formula is C15H12. The van der Waals surface area contributed by atoms with Gasteiger partial charge in [-0.25, -0.2) is 0 Å². The zero-order valence-corrected chi connectivity index (χ0v) is 8.96. The maximum absolute atomic E-state index is 3.16. The van der Waals surface area contributed by atoms with Gasteiger partial charge < -0.3 is 0 Å². The lowest BCUT2D eigenvalue weighted by Crippen LogP contribution is -2.14. The van der Waals surface area contributed by atoms with Crippen LogP contribution in [0.2, 0.25) is 0 Å². The van der Waals surface area contributed by atoms with Crippen molar-refractivity contribution in [3.63, 3.8) is 0 Å². The van der Waals surface area contributed by atoms with Crippen LogP contribution in [0.5, 0.6) is 0 Å². The molecule has 3 rings (SSSR count). The minimum atomic E-state index is 0.120. The van der Waals surface area contributed by atoms with E-state index in [2.05, 4.69) is 50.2 Å². The van der Waals surface area contributed by atoms with Crippen LogP contribution < -0.4 is 0 Å². The van der Waals surface area contributed by atoms with Crippen LogP contribution in [0.3, 0.4) is 0 Å².